The van der Waals surface area contributed by atoms with Crippen LogP contribution < -0.4 is 15.2 Å². The molecule has 84 valence electrons. The van der Waals surface area contributed by atoms with E-state index in [9.17, 15) is 8.78 Å². The van der Waals surface area contributed by atoms with Crippen LogP contribution in [0.2, 0.25) is 0 Å². The Hall–Kier alpha value is -1.36. The minimum atomic E-state index is -2.50. The zero-order valence-corrected chi connectivity index (χ0v) is 8.37. The average molecular weight is 217 g/mol. The number of ether oxygens (including phenoxy) is 2. The van der Waals surface area contributed by atoms with Gasteiger partial charge in [0.15, 0.2) is 0 Å². The molecule has 0 amide bonds. The van der Waals surface area contributed by atoms with Gasteiger partial charge in [0.2, 0.25) is 0 Å². The first-order valence-corrected chi connectivity index (χ1v) is 4.45. The normalized spacial score (nSPS) is 10.5. The lowest BCUT2D eigenvalue weighted by Gasteiger charge is -2.11. The summed E-state index contributed by atoms with van der Waals surface area (Å²) < 4.78 is 33.8. The summed E-state index contributed by atoms with van der Waals surface area (Å²) in [6.07, 6.45) is -2.50. The van der Waals surface area contributed by atoms with Gasteiger partial charge in [-0.15, -0.1) is 0 Å². The molecule has 0 spiro atoms. The second kappa shape index (κ2) is 5.50. The highest BCUT2D eigenvalue weighted by atomic mass is 19.3. The SMILES string of the molecule is COc1ccc(CN)c(OCC(F)F)c1. The van der Waals surface area contributed by atoms with Gasteiger partial charge < -0.3 is 15.2 Å². The van der Waals surface area contributed by atoms with Gasteiger partial charge in [0.25, 0.3) is 6.43 Å². The van der Waals surface area contributed by atoms with Gasteiger partial charge in [0.1, 0.15) is 18.1 Å². The van der Waals surface area contributed by atoms with Crippen molar-refractivity contribution in [2.45, 2.75) is 13.0 Å². The predicted octanol–water partition coefficient (Wildman–Crippen LogP) is 1.80. The number of benzene rings is 1. The van der Waals surface area contributed by atoms with Crippen LogP contribution in [0.1, 0.15) is 5.56 Å². The van der Waals surface area contributed by atoms with Gasteiger partial charge >= 0.3 is 0 Å². The molecule has 1 aromatic rings. The van der Waals surface area contributed by atoms with Crippen molar-refractivity contribution in [2.75, 3.05) is 13.7 Å². The summed E-state index contributed by atoms with van der Waals surface area (Å²) in [5.41, 5.74) is 6.12. The van der Waals surface area contributed by atoms with Crippen molar-refractivity contribution in [2.24, 2.45) is 5.73 Å². The third-order valence-corrected chi connectivity index (χ3v) is 1.86. The molecular weight excluding hydrogens is 204 g/mol. The third-order valence-electron chi connectivity index (χ3n) is 1.86. The molecule has 0 aliphatic rings. The van der Waals surface area contributed by atoms with Crippen molar-refractivity contribution in [3.8, 4) is 11.5 Å². The molecule has 0 radical (unpaired) electrons. The molecule has 0 fully saturated rings. The Morgan fingerprint density at radius 2 is 2.13 bits per heavy atom. The third kappa shape index (κ3) is 3.36. The van der Waals surface area contributed by atoms with E-state index in [1.807, 2.05) is 0 Å². The van der Waals surface area contributed by atoms with Crippen LogP contribution in [0.25, 0.3) is 0 Å². The zero-order valence-electron chi connectivity index (χ0n) is 8.37. The Morgan fingerprint density at radius 3 is 2.67 bits per heavy atom. The Balaban J connectivity index is 2.81. The monoisotopic (exact) mass is 217 g/mol. The summed E-state index contributed by atoms with van der Waals surface area (Å²) in [4.78, 5) is 0. The number of methoxy groups -OCH3 is 1. The van der Waals surface area contributed by atoms with Crippen LogP contribution in [0.5, 0.6) is 11.5 Å². The molecular formula is C10H13F2NO2. The van der Waals surface area contributed by atoms with Crippen LogP contribution in [0.3, 0.4) is 0 Å². The molecule has 0 aliphatic heterocycles. The number of hydrogen-bond donors (Lipinski definition) is 1. The van der Waals surface area contributed by atoms with E-state index in [1.54, 1.807) is 18.2 Å². The van der Waals surface area contributed by atoms with E-state index in [0.29, 0.717) is 17.1 Å². The molecule has 0 aromatic heterocycles. The maximum absolute atomic E-state index is 12.0. The average Bonchev–Trinajstić information content (AvgIpc) is 2.25. The first-order valence-electron chi connectivity index (χ1n) is 4.45. The van der Waals surface area contributed by atoms with Crippen molar-refractivity contribution in [3.63, 3.8) is 0 Å². The predicted molar refractivity (Wildman–Crippen MR) is 52.4 cm³/mol. The molecule has 0 heterocycles. The maximum atomic E-state index is 12.0. The quantitative estimate of drug-likeness (QED) is 0.817. The summed E-state index contributed by atoms with van der Waals surface area (Å²) >= 11 is 0. The van der Waals surface area contributed by atoms with Crippen LogP contribution in [-0.2, 0) is 6.54 Å². The zero-order chi connectivity index (χ0) is 11.3. The van der Waals surface area contributed by atoms with E-state index < -0.39 is 13.0 Å². The lowest BCUT2D eigenvalue weighted by Crippen LogP contribution is -2.09. The van der Waals surface area contributed by atoms with E-state index in [2.05, 4.69) is 0 Å². The van der Waals surface area contributed by atoms with Gasteiger partial charge in [-0.25, -0.2) is 8.78 Å². The van der Waals surface area contributed by atoms with E-state index in [-0.39, 0.29) is 6.54 Å². The van der Waals surface area contributed by atoms with Crippen LogP contribution in [0.15, 0.2) is 18.2 Å². The fourth-order valence-corrected chi connectivity index (χ4v) is 1.12. The molecule has 2 N–H and O–H groups in total. The van der Waals surface area contributed by atoms with Gasteiger partial charge in [0, 0.05) is 18.2 Å². The Labute approximate surface area is 86.8 Å². The maximum Gasteiger partial charge on any atom is 0.272 e. The van der Waals surface area contributed by atoms with Crippen molar-refractivity contribution in [1.82, 2.24) is 0 Å². The lowest BCUT2D eigenvalue weighted by atomic mass is 10.2. The number of hydrogen-bond acceptors (Lipinski definition) is 3. The largest absolute Gasteiger partial charge is 0.497 e. The molecule has 0 saturated heterocycles. The van der Waals surface area contributed by atoms with Gasteiger partial charge in [-0.2, -0.15) is 0 Å². The highest BCUT2D eigenvalue weighted by Gasteiger charge is 2.08. The fourth-order valence-electron chi connectivity index (χ4n) is 1.12. The summed E-state index contributed by atoms with van der Waals surface area (Å²) in [7, 11) is 1.49. The number of alkyl halides is 2. The van der Waals surface area contributed by atoms with Crippen molar-refractivity contribution in [1.29, 1.82) is 0 Å². The molecule has 3 nitrogen and oxygen atoms in total. The van der Waals surface area contributed by atoms with E-state index in [4.69, 9.17) is 15.2 Å². The molecule has 1 rings (SSSR count). The van der Waals surface area contributed by atoms with E-state index in [1.165, 1.54) is 7.11 Å². The molecule has 1 aromatic carbocycles. The summed E-state index contributed by atoms with van der Waals surface area (Å²) in [5.74, 6) is 0.897. The minimum Gasteiger partial charge on any atom is -0.497 e. The van der Waals surface area contributed by atoms with E-state index >= 15 is 0 Å². The molecule has 0 saturated carbocycles. The first-order chi connectivity index (χ1) is 7.17. The minimum absolute atomic E-state index is 0.239. The smallest absolute Gasteiger partial charge is 0.272 e. The standard InChI is InChI=1S/C10H13F2NO2/c1-14-8-3-2-7(5-13)9(4-8)15-6-10(11)12/h2-4,10H,5-6,13H2,1H3. The highest BCUT2D eigenvalue weighted by molar-refractivity contribution is 5.40. The summed E-state index contributed by atoms with van der Waals surface area (Å²) in [5, 5.41) is 0. The molecule has 0 atom stereocenters. The van der Waals surface area contributed by atoms with Crippen LogP contribution in [0.4, 0.5) is 8.78 Å². The first kappa shape index (κ1) is 11.7. The Kier molecular flexibility index (Phi) is 4.30. The molecule has 5 heteroatoms. The second-order valence-electron chi connectivity index (χ2n) is 2.88. The molecule has 0 unspecified atom stereocenters. The summed E-state index contributed by atoms with van der Waals surface area (Å²) in [6.45, 7) is -0.400. The second-order valence-corrected chi connectivity index (χ2v) is 2.88. The number of halogens is 2. The molecule has 0 bridgehead atoms. The highest BCUT2D eigenvalue weighted by Crippen LogP contribution is 2.24. The summed E-state index contributed by atoms with van der Waals surface area (Å²) in [6, 6.07) is 4.95. The van der Waals surface area contributed by atoms with Crippen LogP contribution in [-0.4, -0.2) is 20.1 Å². The fraction of sp³-hybridized carbons (Fsp3) is 0.400. The van der Waals surface area contributed by atoms with Gasteiger partial charge in [0.05, 0.1) is 7.11 Å². The Bertz CT molecular complexity index is 318. The van der Waals surface area contributed by atoms with Crippen LogP contribution >= 0.6 is 0 Å². The Morgan fingerprint density at radius 1 is 1.40 bits per heavy atom. The van der Waals surface area contributed by atoms with E-state index in [0.717, 1.165) is 0 Å². The number of nitrogens with two attached hydrogens (primary N) is 1. The molecule has 15 heavy (non-hydrogen) atoms. The topological polar surface area (TPSA) is 44.5 Å². The van der Waals surface area contributed by atoms with Crippen LogP contribution in [0, 0.1) is 0 Å². The van der Waals surface area contributed by atoms with Gasteiger partial charge in [-0.05, 0) is 6.07 Å². The van der Waals surface area contributed by atoms with Gasteiger partial charge in [-0.3, -0.25) is 0 Å². The lowest BCUT2D eigenvalue weighted by molar-refractivity contribution is 0.0813. The van der Waals surface area contributed by atoms with Crippen molar-refractivity contribution in [3.05, 3.63) is 23.8 Å². The number of rotatable bonds is 5. The van der Waals surface area contributed by atoms with Crippen molar-refractivity contribution < 1.29 is 18.3 Å². The molecule has 0 aliphatic carbocycles. The van der Waals surface area contributed by atoms with Gasteiger partial charge in [-0.1, -0.05) is 6.07 Å². The van der Waals surface area contributed by atoms with Crippen molar-refractivity contribution >= 4 is 0 Å².